The summed E-state index contributed by atoms with van der Waals surface area (Å²) in [6.07, 6.45) is -1.82. The van der Waals surface area contributed by atoms with E-state index in [1.807, 2.05) is 34.1 Å². The molecule has 1 aliphatic carbocycles. The molecule has 0 spiro atoms. The number of amides is 1. The van der Waals surface area contributed by atoms with Crippen molar-refractivity contribution in [1.82, 2.24) is 9.88 Å². The van der Waals surface area contributed by atoms with Crippen molar-refractivity contribution in [3.63, 3.8) is 0 Å². The molecule has 2 aromatic rings. The fourth-order valence-electron chi connectivity index (χ4n) is 5.15. The van der Waals surface area contributed by atoms with Crippen molar-refractivity contribution in [2.45, 2.75) is 24.4 Å². The largest absolute Gasteiger partial charge is 0.496 e. The van der Waals surface area contributed by atoms with Crippen LogP contribution in [0.4, 0.5) is 19.0 Å². The van der Waals surface area contributed by atoms with Gasteiger partial charge in [-0.1, -0.05) is 18.2 Å². The predicted molar refractivity (Wildman–Crippen MR) is 109 cm³/mol. The number of para-hydroxylation sites is 1. The van der Waals surface area contributed by atoms with Crippen LogP contribution in [-0.2, 0) is 16.4 Å². The lowest BCUT2D eigenvalue weighted by Crippen LogP contribution is -2.40. The number of pyridine rings is 1. The Labute approximate surface area is 178 Å². The Kier molecular flexibility index (Phi) is 4.64. The highest BCUT2D eigenvalue weighted by molar-refractivity contribution is 5.92. The number of hydrogen-bond acceptors (Lipinski definition) is 4. The molecule has 2 unspecified atom stereocenters. The molecule has 0 N–H and O–H groups in total. The second kappa shape index (κ2) is 7.14. The van der Waals surface area contributed by atoms with E-state index in [4.69, 9.17) is 4.74 Å². The molecule has 0 bridgehead atoms. The number of carbonyl (C=O) groups excluding carboxylic acids is 1. The fourth-order valence-corrected chi connectivity index (χ4v) is 5.15. The third kappa shape index (κ3) is 3.42. The number of aromatic nitrogens is 1. The van der Waals surface area contributed by atoms with E-state index in [9.17, 15) is 18.0 Å². The molecule has 1 aromatic heterocycles. The Hall–Kier alpha value is -2.77. The van der Waals surface area contributed by atoms with E-state index >= 15 is 0 Å². The smallest absolute Gasteiger partial charge is 0.417 e. The molecule has 5 nitrogen and oxygen atoms in total. The minimum Gasteiger partial charge on any atom is -0.496 e. The van der Waals surface area contributed by atoms with Crippen LogP contribution in [0.3, 0.4) is 0 Å². The first-order valence-corrected chi connectivity index (χ1v) is 10.5. The standard InChI is InChI=1S/C23H24F3N3O2/c1-31-19-5-3-2-4-18(19)22(8-9-22)21(30)29-13-15-11-28(12-16(15)14-29)20-7-6-17(10-27-20)23(24,25)26/h2-7,10,15-16H,8-9,11-14H2,1H3. The lowest BCUT2D eigenvalue weighted by atomic mass is 9.93. The monoisotopic (exact) mass is 431 g/mol. The van der Waals surface area contributed by atoms with Gasteiger partial charge in [0.2, 0.25) is 5.91 Å². The Morgan fingerprint density at radius 2 is 1.74 bits per heavy atom. The Bertz CT molecular complexity index is 974. The first-order chi connectivity index (χ1) is 14.8. The van der Waals surface area contributed by atoms with Crippen LogP contribution < -0.4 is 9.64 Å². The van der Waals surface area contributed by atoms with Gasteiger partial charge < -0.3 is 14.5 Å². The molecule has 31 heavy (non-hydrogen) atoms. The predicted octanol–water partition coefficient (Wildman–Crippen LogP) is 3.74. The number of ether oxygens (including phenoxy) is 1. The molecular weight excluding hydrogens is 407 g/mol. The second-order valence-electron chi connectivity index (χ2n) is 8.82. The van der Waals surface area contributed by atoms with Crippen LogP contribution in [0.25, 0.3) is 0 Å². The zero-order chi connectivity index (χ0) is 21.8. The van der Waals surface area contributed by atoms with Crippen molar-refractivity contribution in [2.75, 3.05) is 38.2 Å². The van der Waals surface area contributed by atoms with Gasteiger partial charge in [-0.2, -0.15) is 13.2 Å². The number of alkyl halides is 3. The molecular formula is C23H24F3N3O2. The van der Waals surface area contributed by atoms with Gasteiger partial charge in [0.25, 0.3) is 0 Å². The van der Waals surface area contributed by atoms with E-state index in [-0.39, 0.29) is 5.91 Å². The van der Waals surface area contributed by atoms with Crippen LogP contribution in [0.15, 0.2) is 42.6 Å². The van der Waals surface area contributed by atoms with Gasteiger partial charge in [-0.25, -0.2) is 4.98 Å². The molecule has 3 heterocycles. The summed E-state index contributed by atoms with van der Waals surface area (Å²) in [4.78, 5) is 21.5. The summed E-state index contributed by atoms with van der Waals surface area (Å²) >= 11 is 0. The molecule has 5 rings (SSSR count). The third-order valence-corrected chi connectivity index (χ3v) is 6.95. The van der Waals surface area contributed by atoms with E-state index in [1.54, 1.807) is 7.11 Å². The first kappa shape index (κ1) is 20.2. The van der Waals surface area contributed by atoms with Gasteiger partial charge in [0, 0.05) is 49.8 Å². The molecule has 3 aliphatic rings. The quantitative estimate of drug-likeness (QED) is 0.740. The molecule has 1 aromatic carbocycles. The second-order valence-corrected chi connectivity index (χ2v) is 8.82. The molecule has 2 atom stereocenters. The molecule has 1 amide bonds. The van der Waals surface area contributed by atoms with Crippen molar-refractivity contribution >= 4 is 11.7 Å². The van der Waals surface area contributed by atoms with Crippen molar-refractivity contribution < 1.29 is 22.7 Å². The van der Waals surface area contributed by atoms with Crippen LogP contribution >= 0.6 is 0 Å². The number of halogens is 3. The number of fused-ring (bicyclic) bond motifs is 1. The summed E-state index contributed by atoms with van der Waals surface area (Å²) < 4.78 is 43.8. The lowest BCUT2D eigenvalue weighted by Gasteiger charge is -2.27. The first-order valence-electron chi connectivity index (χ1n) is 10.5. The number of hydrogen-bond donors (Lipinski definition) is 0. The maximum atomic E-state index is 13.5. The minimum atomic E-state index is -4.38. The molecule has 8 heteroatoms. The van der Waals surface area contributed by atoms with Crippen molar-refractivity contribution in [3.8, 4) is 5.75 Å². The summed E-state index contributed by atoms with van der Waals surface area (Å²) in [6, 6.07) is 10.3. The van der Waals surface area contributed by atoms with Gasteiger partial charge in [-0.3, -0.25) is 4.79 Å². The van der Waals surface area contributed by atoms with Gasteiger partial charge in [-0.15, -0.1) is 0 Å². The maximum absolute atomic E-state index is 13.5. The van der Waals surface area contributed by atoms with Crippen LogP contribution in [0, 0.1) is 11.8 Å². The van der Waals surface area contributed by atoms with Crippen LogP contribution in [0.2, 0.25) is 0 Å². The summed E-state index contributed by atoms with van der Waals surface area (Å²) in [5.74, 6) is 2.11. The summed E-state index contributed by atoms with van der Waals surface area (Å²) in [7, 11) is 1.63. The number of methoxy groups -OCH3 is 1. The summed E-state index contributed by atoms with van der Waals surface area (Å²) in [5.41, 5.74) is -0.242. The Morgan fingerprint density at radius 3 is 2.29 bits per heavy atom. The maximum Gasteiger partial charge on any atom is 0.417 e. The van der Waals surface area contributed by atoms with Crippen LogP contribution in [0.5, 0.6) is 5.75 Å². The van der Waals surface area contributed by atoms with Crippen molar-refractivity contribution in [3.05, 3.63) is 53.7 Å². The van der Waals surface area contributed by atoms with Crippen molar-refractivity contribution in [1.29, 1.82) is 0 Å². The molecule has 1 saturated carbocycles. The average molecular weight is 431 g/mol. The SMILES string of the molecule is COc1ccccc1C1(C(=O)N2CC3CN(c4ccc(C(F)(F)F)cn4)CC3C2)CC1. The zero-order valence-electron chi connectivity index (χ0n) is 17.2. The van der Waals surface area contributed by atoms with Crippen LogP contribution in [0.1, 0.15) is 24.0 Å². The normalized spacial score (nSPS) is 24.3. The Balaban J connectivity index is 1.26. The fraction of sp³-hybridized carbons (Fsp3) is 0.478. The van der Waals surface area contributed by atoms with Gasteiger partial charge in [-0.05, 0) is 31.0 Å². The molecule has 2 saturated heterocycles. The summed E-state index contributed by atoms with van der Waals surface area (Å²) in [5, 5.41) is 0. The highest BCUT2D eigenvalue weighted by Crippen LogP contribution is 2.53. The van der Waals surface area contributed by atoms with Crippen LogP contribution in [-0.4, -0.2) is 49.1 Å². The highest BCUT2D eigenvalue weighted by atomic mass is 19.4. The van der Waals surface area contributed by atoms with E-state index in [0.29, 0.717) is 43.8 Å². The molecule has 2 aliphatic heterocycles. The minimum absolute atomic E-state index is 0.172. The molecule has 3 fully saturated rings. The third-order valence-electron chi connectivity index (χ3n) is 6.95. The topological polar surface area (TPSA) is 45.7 Å². The highest BCUT2D eigenvalue weighted by Gasteiger charge is 2.56. The number of nitrogens with zero attached hydrogens (tertiary/aromatic N) is 3. The zero-order valence-corrected chi connectivity index (χ0v) is 17.2. The lowest BCUT2D eigenvalue weighted by molar-refractivity contribution is -0.137. The Morgan fingerprint density at radius 1 is 1.06 bits per heavy atom. The van der Waals surface area contributed by atoms with Gasteiger partial charge in [0.05, 0.1) is 18.1 Å². The van der Waals surface area contributed by atoms with Gasteiger partial charge >= 0.3 is 6.18 Å². The van der Waals surface area contributed by atoms with Crippen molar-refractivity contribution in [2.24, 2.45) is 11.8 Å². The van der Waals surface area contributed by atoms with E-state index in [1.165, 1.54) is 6.07 Å². The number of carbonyl (C=O) groups is 1. The molecule has 0 radical (unpaired) electrons. The molecule has 164 valence electrons. The van der Waals surface area contributed by atoms with E-state index in [2.05, 4.69) is 4.98 Å². The number of anilines is 1. The van der Waals surface area contributed by atoms with E-state index in [0.717, 1.165) is 36.4 Å². The number of likely N-dealkylation sites (tertiary alicyclic amines) is 1. The average Bonchev–Trinajstić information content (AvgIpc) is 3.33. The van der Waals surface area contributed by atoms with E-state index < -0.39 is 17.2 Å². The number of rotatable bonds is 4. The number of benzene rings is 1. The summed E-state index contributed by atoms with van der Waals surface area (Å²) in [6.45, 7) is 2.76. The van der Waals surface area contributed by atoms with Gasteiger partial charge in [0.15, 0.2) is 0 Å². The van der Waals surface area contributed by atoms with Gasteiger partial charge in [0.1, 0.15) is 11.6 Å².